The van der Waals surface area contributed by atoms with Gasteiger partial charge >= 0.3 is 11.9 Å². The molecule has 1 N–H and O–H groups in total. The fourth-order valence-electron chi connectivity index (χ4n) is 4.20. The van der Waals surface area contributed by atoms with E-state index in [2.05, 4.69) is 11.6 Å². The van der Waals surface area contributed by atoms with Crippen LogP contribution in [0.15, 0.2) is 66.8 Å². The van der Waals surface area contributed by atoms with E-state index in [0.29, 0.717) is 34.9 Å². The number of hydrogen-bond donors (Lipinski definition) is 1. The summed E-state index contributed by atoms with van der Waals surface area (Å²) in [6.45, 7) is 9.56. The summed E-state index contributed by atoms with van der Waals surface area (Å²) < 4.78 is 16.6. The molecule has 0 radical (unpaired) electrons. The van der Waals surface area contributed by atoms with Crippen molar-refractivity contribution >= 4 is 39.9 Å². The Labute approximate surface area is 230 Å². The van der Waals surface area contributed by atoms with Crippen LogP contribution in [0, 0.1) is 6.92 Å². The molecule has 1 atom stereocenters. The van der Waals surface area contributed by atoms with Crippen LogP contribution in [0.3, 0.4) is 0 Å². The molecule has 1 aliphatic heterocycles. The maximum atomic E-state index is 13.5. The molecule has 0 bridgehead atoms. The SMILES string of the molecule is C=CCOc1ccc(C2/C(=C(\O)c3ccccc3)C(=O)C(=O)N2c2nc(C)c(C(=O)OCC)s2)cc1OCC. The predicted octanol–water partition coefficient (Wildman–Crippen LogP) is 5.22. The number of ketones is 1. The van der Waals surface area contributed by atoms with Crippen LogP contribution in [-0.2, 0) is 14.3 Å². The molecule has 10 heteroatoms. The van der Waals surface area contributed by atoms with E-state index in [4.69, 9.17) is 14.2 Å². The molecule has 1 aromatic heterocycles. The number of carbonyl (C=O) groups excluding carboxylic acids is 3. The second-order valence-corrected chi connectivity index (χ2v) is 9.38. The van der Waals surface area contributed by atoms with Crippen LogP contribution >= 0.6 is 11.3 Å². The zero-order valence-corrected chi connectivity index (χ0v) is 22.6. The Morgan fingerprint density at radius 1 is 1.10 bits per heavy atom. The van der Waals surface area contributed by atoms with Crippen LogP contribution in [0.4, 0.5) is 5.13 Å². The third-order valence-corrected chi connectivity index (χ3v) is 7.02. The van der Waals surface area contributed by atoms with Gasteiger partial charge in [-0.05, 0) is 38.5 Å². The second kappa shape index (κ2) is 12.0. The highest BCUT2D eigenvalue weighted by Crippen LogP contribution is 2.45. The van der Waals surface area contributed by atoms with Crippen LogP contribution in [0.5, 0.6) is 11.5 Å². The van der Waals surface area contributed by atoms with Crippen molar-refractivity contribution in [2.45, 2.75) is 26.8 Å². The lowest BCUT2D eigenvalue weighted by Gasteiger charge is -2.24. The van der Waals surface area contributed by atoms with E-state index in [-0.39, 0.29) is 34.6 Å². The highest BCUT2D eigenvalue weighted by Gasteiger charge is 2.48. The largest absolute Gasteiger partial charge is 0.507 e. The summed E-state index contributed by atoms with van der Waals surface area (Å²) in [6.07, 6.45) is 1.60. The summed E-state index contributed by atoms with van der Waals surface area (Å²) in [5.74, 6) is -1.81. The van der Waals surface area contributed by atoms with Crippen molar-refractivity contribution in [3.05, 3.63) is 88.5 Å². The van der Waals surface area contributed by atoms with Crippen molar-refractivity contribution in [3.8, 4) is 11.5 Å². The maximum absolute atomic E-state index is 13.5. The van der Waals surface area contributed by atoms with E-state index >= 15 is 0 Å². The number of aromatic nitrogens is 1. The Bertz CT molecular complexity index is 1450. The zero-order chi connectivity index (χ0) is 28.1. The van der Waals surface area contributed by atoms with Gasteiger partial charge < -0.3 is 19.3 Å². The average molecular weight is 549 g/mol. The summed E-state index contributed by atoms with van der Waals surface area (Å²) in [5.41, 5.74) is 1.10. The second-order valence-electron chi connectivity index (χ2n) is 8.41. The lowest BCUT2D eigenvalue weighted by molar-refractivity contribution is -0.132. The Hall–Kier alpha value is -4.44. The summed E-state index contributed by atoms with van der Waals surface area (Å²) >= 11 is 0.943. The number of esters is 1. The van der Waals surface area contributed by atoms with Crippen LogP contribution in [0.2, 0.25) is 0 Å². The molecule has 0 aliphatic carbocycles. The topological polar surface area (TPSA) is 115 Å². The van der Waals surface area contributed by atoms with Gasteiger partial charge in [0.1, 0.15) is 17.2 Å². The number of nitrogens with zero attached hydrogens (tertiary/aromatic N) is 2. The van der Waals surface area contributed by atoms with E-state index in [1.165, 1.54) is 4.90 Å². The summed E-state index contributed by atoms with van der Waals surface area (Å²) in [4.78, 5) is 45.3. The molecule has 202 valence electrons. The van der Waals surface area contributed by atoms with Gasteiger partial charge in [-0.25, -0.2) is 9.78 Å². The van der Waals surface area contributed by atoms with Crippen molar-refractivity contribution in [2.75, 3.05) is 24.7 Å². The first-order valence-corrected chi connectivity index (χ1v) is 13.1. The number of anilines is 1. The maximum Gasteiger partial charge on any atom is 0.350 e. The number of benzene rings is 2. The predicted molar refractivity (Wildman–Crippen MR) is 147 cm³/mol. The summed E-state index contributed by atoms with van der Waals surface area (Å²) in [5, 5.41) is 11.4. The van der Waals surface area contributed by atoms with Gasteiger partial charge in [-0.15, -0.1) is 0 Å². The number of hydrogen-bond acceptors (Lipinski definition) is 9. The molecule has 1 fully saturated rings. The highest BCUT2D eigenvalue weighted by molar-refractivity contribution is 7.17. The van der Waals surface area contributed by atoms with Crippen LogP contribution in [0.25, 0.3) is 5.76 Å². The summed E-state index contributed by atoms with van der Waals surface area (Å²) in [6, 6.07) is 12.5. The number of thiazole rings is 1. The van der Waals surface area contributed by atoms with Gasteiger partial charge in [0, 0.05) is 5.56 Å². The molecule has 0 spiro atoms. The Balaban J connectivity index is 1.92. The molecule has 1 saturated heterocycles. The zero-order valence-electron chi connectivity index (χ0n) is 21.8. The molecular formula is C29H28N2O7S. The minimum Gasteiger partial charge on any atom is -0.507 e. The molecule has 9 nitrogen and oxygen atoms in total. The van der Waals surface area contributed by atoms with Crippen LogP contribution in [-0.4, -0.2) is 47.6 Å². The van der Waals surface area contributed by atoms with Crippen LogP contribution < -0.4 is 14.4 Å². The number of ether oxygens (including phenoxy) is 3. The fourth-order valence-corrected chi connectivity index (χ4v) is 5.19. The number of Topliss-reactive ketones (excluding diaryl/α,β-unsaturated/α-hetero) is 1. The number of aryl methyl sites for hydroxylation is 1. The van der Waals surface area contributed by atoms with Gasteiger partial charge in [-0.2, -0.15) is 0 Å². The first-order chi connectivity index (χ1) is 18.8. The van der Waals surface area contributed by atoms with Crippen molar-refractivity contribution in [1.82, 2.24) is 4.98 Å². The molecule has 2 aromatic carbocycles. The standard InChI is InChI=1S/C29H28N2O7S/c1-5-15-38-20-14-13-19(16-21(20)36-6-2)23-22(24(32)18-11-9-8-10-12-18)25(33)27(34)31(23)29-30-17(4)26(39-29)28(35)37-7-3/h5,8-14,16,23,32H,1,6-7,15H2,2-4H3/b24-22+. The number of rotatable bonds is 10. The number of aliphatic hydroxyl groups is 1. The molecule has 1 aliphatic rings. The molecule has 1 unspecified atom stereocenters. The van der Waals surface area contributed by atoms with E-state index in [1.807, 2.05) is 6.92 Å². The van der Waals surface area contributed by atoms with Gasteiger partial charge in [0.15, 0.2) is 16.6 Å². The Morgan fingerprint density at radius 3 is 2.51 bits per heavy atom. The van der Waals surface area contributed by atoms with Gasteiger partial charge in [-0.1, -0.05) is 60.4 Å². The average Bonchev–Trinajstić information content (AvgIpc) is 3.44. The molecule has 39 heavy (non-hydrogen) atoms. The van der Waals surface area contributed by atoms with Gasteiger partial charge in [0.2, 0.25) is 0 Å². The smallest absolute Gasteiger partial charge is 0.350 e. The van der Waals surface area contributed by atoms with Crippen molar-refractivity contribution in [2.24, 2.45) is 0 Å². The lowest BCUT2D eigenvalue weighted by Crippen LogP contribution is -2.29. The van der Waals surface area contributed by atoms with Crippen LogP contribution in [0.1, 0.15) is 46.4 Å². The van der Waals surface area contributed by atoms with Crippen molar-refractivity contribution in [1.29, 1.82) is 0 Å². The summed E-state index contributed by atoms with van der Waals surface area (Å²) in [7, 11) is 0. The van der Waals surface area contributed by atoms with E-state index in [1.54, 1.807) is 68.5 Å². The number of carbonyl (C=O) groups is 3. The van der Waals surface area contributed by atoms with Gasteiger partial charge in [0.25, 0.3) is 5.78 Å². The normalized spacial score (nSPS) is 16.3. The highest BCUT2D eigenvalue weighted by atomic mass is 32.1. The van der Waals surface area contributed by atoms with Gasteiger partial charge in [0.05, 0.1) is 30.5 Å². The minimum atomic E-state index is -1.06. The molecule has 3 aromatic rings. The van der Waals surface area contributed by atoms with Crippen molar-refractivity contribution in [3.63, 3.8) is 0 Å². The first-order valence-electron chi connectivity index (χ1n) is 12.3. The van der Waals surface area contributed by atoms with E-state index in [9.17, 15) is 19.5 Å². The molecule has 2 heterocycles. The Kier molecular flexibility index (Phi) is 8.46. The van der Waals surface area contributed by atoms with E-state index in [0.717, 1.165) is 11.3 Å². The fraction of sp³-hybridized carbons (Fsp3) is 0.241. The lowest BCUT2D eigenvalue weighted by atomic mass is 9.95. The number of aliphatic hydroxyl groups excluding tert-OH is 1. The quantitative estimate of drug-likeness (QED) is 0.121. The monoisotopic (exact) mass is 548 g/mol. The molecular weight excluding hydrogens is 520 g/mol. The molecule has 4 rings (SSSR count). The third kappa shape index (κ3) is 5.42. The molecule has 1 amide bonds. The Morgan fingerprint density at radius 2 is 1.85 bits per heavy atom. The van der Waals surface area contributed by atoms with Gasteiger partial charge in [-0.3, -0.25) is 14.5 Å². The number of amides is 1. The van der Waals surface area contributed by atoms with Crippen molar-refractivity contribution < 1.29 is 33.7 Å². The minimum absolute atomic E-state index is 0.112. The third-order valence-electron chi connectivity index (χ3n) is 5.88. The molecule has 0 saturated carbocycles. The van der Waals surface area contributed by atoms with E-state index < -0.39 is 23.7 Å². The first kappa shape index (κ1) is 27.6.